The number of ether oxygens (including phenoxy) is 2. The minimum Gasteiger partial charge on any atom is -0.394 e. The summed E-state index contributed by atoms with van der Waals surface area (Å²) in [5.74, 6) is -0.700. The molecule has 1 aliphatic heterocycles. The van der Waals surface area contributed by atoms with E-state index in [0.717, 1.165) is 38.5 Å². The quantitative estimate of drug-likeness (QED) is 0.0279. The Balaban J connectivity index is 2.14. The van der Waals surface area contributed by atoms with Gasteiger partial charge in [0.2, 0.25) is 5.91 Å². The summed E-state index contributed by atoms with van der Waals surface area (Å²) in [6, 6.07) is -1.16. The highest BCUT2D eigenvalue weighted by atomic mass is 16.7. The number of hydrogen-bond acceptors (Lipinski definition) is 10. The number of rotatable bonds is 41. The molecule has 0 radical (unpaired) electrons. The third-order valence-corrected chi connectivity index (χ3v) is 12.2. The minimum absolute atomic E-state index is 0.265. The zero-order chi connectivity index (χ0) is 42.6. The average Bonchev–Trinajstić information content (AvgIpc) is 3.22. The fourth-order valence-corrected chi connectivity index (χ4v) is 8.09. The molecule has 1 heterocycles. The number of aliphatic hydroxyl groups excluding tert-OH is 7. The summed E-state index contributed by atoms with van der Waals surface area (Å²) in [5.41, 5.74) is 0. The maximum absolute atomic E-state index is 13.0. The molecule has 0 aromatic rings. The fourth-order valence-electron chi connectivity index (χ4n) is 8.09. The van der Waals surface area contributed by atoms with Crippen LogP contribution in [-0.4, -0.2) is 110 Å². The van der Waals surface area contributed by atoms with Crippen LogP contribution in [0.5, 0.6) is 0 Å². The summed E-state index contributed by atoms with van der Waals surface area (Å²) >= 11 is 0. The van der Waals surface area contributed by atoms with Gasteiger partial charge in [-0.3, -0.25) is 4.79 Å². The lowest BCUT2D eigenvalue weighted by atomic mass is 9.98. The van der Waals surface area contributed by atoms with Crippen molar-refractivity contribution >= 4 is 5.91 Å². The number of aliphatic hydroxyl groups is 7. The number of amides is 1. The molecule has 0 aromatic carbocycles. The van der Waals surface area contributed by atoms with Gasteiger partial charge in [0, 0.05) is 0 Å². The molecule has 0 saturated carbocycles. The van der Waals surface area contributed by atoms with Crippen molar-refractivity contribution in [2.45, 2.75) is 281 Å². The average molecular weight is 832 g/mol. The van der Waals surface area contributed by atoms with Crippen molar-refractivity contribution in [2.75, 3.05) is 13.2 Å². The van der Waals surface area contributed by atoms with Gasteiger partial charge in [-0.1, -0.05) is 213 Å². The molecule has 9 atom stereocenters. The maximum Gasteiger partial charge on any atom is 0.249 e. The number of carbonyl (C=O) groups is 1. The van der Waals surface area contributed by atoms with E-state index < -0.39 is 74.2 Å². The van der Waals surface area contributed by atoms with Crippen LogP contribution in [0.1, 0.15) is 226 Å². The summed E-state index contributed by atoms with van der Waals surface area (Å²) in [7, 11) is 0. The molecule has 0 aromatic heterocycles. The first-order chi connectivity index (χ1) is 28.2. The van der Waals surface area contributed by atoms with Crippen molar-refractivity contribution < 1.29 is 50.0 Å². The second-order valence-electron chi connectivity index (χ2n) is 17.5. The van der Waals surface area contributed by atoms with Crippen LogP contribution in [0, 0.1) is 0 Å². The van der Waals surface area contributed by atoms with Crippen LogP contribution in [0.3, 0.4) is 0 Å². The van der Waals surface area contributed by atoms with E-state index in [9.17, 15) is 40.5 Å². The predicted octanol–water partition coefficient (Wildman–Crippen LogP) is 8.28. The monoisotopic (exact) mass is 832 g/mol. The third kappa shape index (κ3) is 27.1. The normalized spacial score (nSPS) is 21.8. The molecule has 0 spiro atoms. The lowest BCUT2D eigenvalue weighted by Gasteiger charge is -2.40. The Labute approximate surface area is 354 Å². The summed E-state index contributed by atoms with van der Waals surface area (Å²) in [4.78, 5) is 13.0. The Morgan fingerprint density at radius 3 is 1.29 bits per heavy atom. The van der Waals surface area contributed by atoms with Gasteiger partial charge in [0.05, 0.1) is 25.4 Å². The molecular formula is C47H93NO10. The first-order valence-electron chi connectivity index (χ1n) is 24.4. The molecule has 1 saturated heterocycles. The van der Waals surface area contributed by atoms with E-state index in [1.807, 2.05) is 0 Å². The zero-order valence-electron chi connectivity index (χ0n) is 37.3. The third-order valence-electron chi connectivity index (χ3n) is 12.2. The smallest absolute Gasteiger partial charge is 0.249 e. The molecule has 1 rings (SSSR count). The summed E-state index contributed by atoms with van der Waals surface area (Å²) < 4.78 is 11.0. The van der Waals surface area contributed by atoms with Gasteiger partial charge >= 0.3 is 0 Å². The number of unbranched alkanes of at least 4 members (excludes halogenated alkanes) is 29. The standard InChI is InChI=1S/C47H93NO10/c1-3-5-7-9-10-11-12-13-14-15-16-17-18-19-20-21-22-23-24-25-26-27-28-29-30-31-33-35-40(51)46(56)48-38(42(52)39(50)34-32-8-6-4-2)37-57-47-45(55)44(54)43(53)41(36-49)58-47/h38-45,47,49-55H,3-37H2,1-2H3,(H,48,56). The van der Waals surface area contributed by atoms with Crippen LogP contribution < -0.4 is 5.32 Å². The van der Waals surface area contributed by atoms with Crippen LogP contribution >= 0.6 is 0 Å². The maximum atomic E-state index is 13.0. The SMILES string of the molecule is CCCCCCCCCCCCCCCCCCCCCCCCCCCCCC(O)C(=O)NC(COC1OC(CO)C(O)C(O)C1O)C(O)C(O)CCCCCC. The van der Waals surface area contributed by atoms with E-state index in [4.69, 9.17) is 9.47 Å². The molecule has 58 heavy (non-hydrogen) atoms. The highest BCUT2D eigenvalue weighted by Gasteiger charge is 2.44. The second-order valence-corrected chi connectivity index (χ2v) is 17.5. The molecule has 11 heteroatoms. The highest BCUT2D eigenvalue weighted by Crippen LogP contribution is 2.23. The lowest BCUT2D eigenvalue weighted by Crippen LogP contribution is -2.60. The molecule has 0 bridgehead atoms. The van der Waals surface area contributed by atoms with Gasteiger partial charge in [-0.15, -0.1) is 0 Å². The van der Waals surface area contributed by atoms with Crippen molar-refractivity contribution in [1.82, 2.24) is 5.32 Å². The van der Waals surface area contributed by atoms with E-state index in [2.05, 4.69) is 19.2 Å². The topological polar surface area (TPSA) is 189 Å². The van der Waals surface area contributed by atoms with Gasteiger partial charge in [-0.2, -0.15) is 0 Å². The van der Waals surface area contributed by atoms with Gasteiger partial charge in [-0.05, 0) is 12.8 Å². The fraction of sp³-hybridized carbons (Fsp3) is 0.979. The molecule has 9 unspecified atom stereocenters. The zero-order valence-corrected chi connectivity index (χ0v) is 37.3. The Bertz CT molecular complexity index is 913. The first-order valence-corrected chi connectivity index (χ1v) is 24.4. The van der Waals surface area contributed by atoms with E-state index in [1.165, 1.54) is 148 Å². The van der Waals surface area contributed by atoms with Crippen molar-refractivity contribution in [3.63, 3.8) is 0 Å². The Morgan fingerprint density at radius 2 is 0.897 bits per heavy atom. The lowest BCUT2D eigenvalue weighted by molar-refractivity contribution is -0.303. The molecule has 11 nitrogen and oxygen atoms in total. The predicted molar refractivity (Wildman–Crippen MR) is 233 cm³/mol. The second kappa shape index (κ2) is 37.8. The van der Waals surface area contributed by atoms with Crippen LogP contribution in [0.4, 0.5) is 0 Å². The van der Waals surface area contributed by atoms with Crippen molar-refractivity contribution in [3.05, 3.63) is 0 Å². The Morgan fingerprint density at radius 1 is 0.534 bits per heavy atom. The van der Waals surface area contributed by atoms with Gasteiger partial charge < -0.3 is 50.5 Å². The van der Waals surface area contributed by atoms with Crippen LogP contribution in [-0.2, 0) is 14.3 Å². The molecular weight excluding hydrogens is 739 g/mol. The van der Waals surface area contributed by atoms with Gasteiger partial charge in [-0.25, -0.2) is 0 Å². The van der Waals surface area contributed by atoms with Gasteiger partial charge in [0.1, 0.15) is 36.6 Å². The van der Waals surface area contributed by atoms with E-state index in [1.54, 1.807) is 0 Å². The minimum atomic E-state index is -1.65. The van der Waals surface area contributed by atoms with Crippen molar-refractivity contribution in [3.8, 4) is 0 Å². The van der Waals surface area contributed by atoms with Crippen LogP contribution in [0.2, 0.25) is 0 Å². The molecule has 1 fully saturated rings. The van der Waals surface area contributed by atoms with Crippen molar-refractivity contribution in [2.24, 2.45) is 0 Å². The van der Waals surface area contributed by atoms with Crippen LogP contribution in [0.15, 0.2) is 0 Å². The summed E-state index contributed by atoms with van der Waals surface area (Å²) in [6.07, 6.45) is 28.4. The van der Waals surface area contributed by atoms with E-state index in [-0.39, 0.29) is 6.42 Å². The Hall–Kier alpha value is -0.890. The molecule has 8 N–H and O–H groups in total. The number of carbonyl (C=O) groups excluding carboxylic acids is 1. The van der Waals surface area contributed by atoms with Crippen LogP contribution in [0.25, 0.3) is 0 Å². The van der Waals surface area contributed by atoms with Crippen molar-refractivity contribution in [1.29, 1.82) is 0 Å². The number of nitrogens with one attached hydrogen (secondary N) is 1. The Kier molecular flexibility index (Phi) is 36.0. The summed E-state index contributed by atoms with van der Waals surface area (Å²) in [6.45, 7) is 3.31. The highest BCUT2D eigenvalue weighted by molar-refractivity contribution is 5.80. The first kappa shape index (κ1) is 55.1. The molecule has 1 amide bonds. The van der Waals surface area contributed by atoms with E-state index in [0.29, 0.717) is 19.3 Å². The molecule has 346 valence electrons. The van der Waals surface area contributed by atoms with Gasteiger partial charge in [0.25, 0.3) is 0 Å². The summed E-state index contributed by atoms with van der Waals surface area (Å²) in [5, 5.41) is 74.9. The molecule has 0 aliphatic carbocycles. The largest absolute Gasteiger partial charge is 0.394 e. The van der Waals surface area contributed by atoms with E-state index >= 15 is 0 Å². The number of hydrogen-bond donors (Lipinski definition) is 8. The molecule has 1 aliphatic rings. The van der Waals surface area contributed by atoms with Gasteiger partial charge in [0.15, 0.2) is 6.29 Å².